The van der Waals surface area contributed by atoms with Crippen LogP contribution in [0, 0.1) is 0 Å². The van der Waals surface area contributed by atoms with Gasteiger partial charge in [-0.15, -0.1) is 11.3 Å². The summed E-state index contributed by atoms with van der Waals surface area (Å²) in [6.45, 7) is 3.79. The molecule has 5 heteroatoms. The Morgan fingerprint density at radius 3 is 3.24 bits per heavy atom. The van der Waals surface area contributed by atoms with E-state index in [2.05, 4.69) is 0 Å². The fraction of sp³-hybridized carbons (Fsp3) is 0.583. The Morgan fingerprint density at radius 1 is 1.76 bits per heavy atom. The van der Waals surface area contributed by atoms with Gasteiger partial charge in [-0.3, -0.25) is 4.79 Å². The monoisotopic (exact) mass is 254 g/mol. The Labute approximate surface area is 105 Å². The molecule has 0 aromatic carbocycles. The molecule has 1 amide bonds. The molecule has 0 aliphatic carbocycles. The first-order valence-corrected chi connectivity index (χ1v) is 6.72. The Hall–Kier alpha value is -0.910. The van der Waals surface area contributed by atoms with Crippen LogP contribution in [0.4, 0.5) is 0 Å². The van der Waals surface area contributed by atoms with Gasteiger partial charge in [0.1, 0.15) is 0 Å². The number of morpholine rings is 1. The molecule has 2 heterocycles. The summed E-state index contributed by atoms with van der Waals surface area (Å²) in [6.07, 6.45) is 0.458. The topological polar surface area (TPSA) is 55.6 Å². The Bertz CT molecular complexity index is 365. The fourth-order valence-electron chi connectivity index (χ4n) is 1.89. The molecule has 17 heavy (non-hydrogen) atoms. The molecule has 1 aromatic rings. The predicted octanol–water partition coefficient (Wildman–Crippen LogP) is 0.865. The number of hydrogen-bond donors (Lipinski definition) is 1. The molecule has 2 atom stereocenters. The van der Waals surface area contributed by atoms with Crippen LogP contribution >= 0.6 is 11.3 Å². The van der Waals surface area contributed by atoms with E-state index in [0.717, 1.165) is 4.88 Å². The summed E-state index contributed by atoms with van der Waals surface area (Å²) in [7, 11) is 0. The van der Waals surface area contributed by atoms with E-state index in [-0.39, 0.29) is 18.1 Å². The number of carbonyl (C=O) groups is 1. The first-order chi connectivity index (χ1) is 8.16. The van der Waals surface area contributed by atoms with Gasteiger partial charge in [0.15, 0.2) is 0 Å². The number of nitrogens with zero attached hydrogens (tertiary/aromatic N) is 1. The minimum absolute atomic E-state index is 0.0314. The van der Waals surface area contributed by atoms with E-state index >= 15 is 0 Å². The molecule has 4 nitrogen and oxygen atoms in total. The minimum atomic E-state index is -0.0349. The van der Waals surface area contributed by atoms with E-state index in [4.69, 9.17) is 10.5 Å². The summed E-state index contributed by atoms with van der Waals surface area (Å²) in [5.41, 5.74) is 5.80. The van der Waals surface area contributed by atoms with Crippen molar-refractivity contribution in [2.24, 2.45) is 5.73 Å². The third kappa shape index (κ3) is 3.28. The van der Waals surface area contributed by atoms with Gasteiger partial charge >= 0.3 is 0 Å². The number of hydrogen-bond acceptors (Lipinski definition) is 4. The maximum Gasteiger partial charge on any atom is 0.227 e. The molecule has 94 valence electrons. The van der Waals surface area contributed by atoms with Crippen LogP contribution in [-0.4, -0.2) is 42.6 Å². The van der Waals surface area contributed by atoms with Crippen LogP contribution in [0.5, 0.6) is 0 Å². The Kier molecular flexibility index (Phi) is 4.15. The van der Waals surface area contributed by atoms with Crippen LogP contribution in [0.1, 0.15) is 11.8 Å². The Morgan fingerprint density at radius 2 is 2.59 bits per heavy atom. The molecule has 0 radical (unpaired) electrons. The molecule has 0 bridgehead atoms. The second kappa shape index (κ2) is 5.62. The van der Waals surface area contributed by atoms with Gasteiger partial charge in [0.2, 0.25) is 5.91 Å². The smallest absolute Gasteiger partial charge is 0.227 e. The van der Waals surface area contributed by atoms with Gasteiger partial charge in [-0.2, -0.15) is 0 Å². The molecule has 2 unspecified atom stereocenters. The van der Waals surface area contributed by atoms with Gasteiger partial charge in [0, 0.05) is 24.0 Å². The lowest BCUT2D eigenvalue weighted by Crippen LogP contribution is -2.51. The van der Waals surface area contributed by atoms with E-state index in [9.17, 15) is 4.79 Å². The molecule has 1 aromatic heterocycles. The largest absolute Gasteiger partial charge is 0.373 e. The molecule has 1 saturated heterocycles. The summed E-state index contributed by atoms with van der Waals surface area (Å²) >= 11 is 1.62. The van der Waals surface area contributed by atoms with E-state index in [0.29, 0.717) is 26.1 Å². The van der Waals surface area contributed by atoms with Crippen LogP contribution in [0.25, 0.3) is 0 Å². The maximum atomic E-state index is 12.1. The minimum Gasteiger partial charge on any atom is -0.373 e. The lowest BCUT2D eigenvalue weighted by atomic mass is 10.1. The molecular formula is C12H18N2O2S. The lowest BCUT2D eigenvalue weighted by Gasteiger charge is -2.34. The van der Waals surface area contributed by atoms with Crippen molar-refractivity contribution in [2.75, 3.05) is 19.7 Å². The second-order valence-corrected chi connectivity index (χ2v) is 5.40. The van der Waals surface area contributed by atoms with E-state index < -0.39 is 0 Å². The van der Waals surface area contributed by atoms with E-state index in [1.807, 2.05) is 29.3 Å². The zero-order valence-corrected chi connectivity index (χ0v) is 10.8. The van der Waals surface area contributed by atoms with Gasteiger partial charge in [-0.25, -0.2) is 0 Å². The normalized spacial score (nSPS) is 22.5. The first kappa shape index (κ1) is 12.5. The van der Waals surface area contributed by atoms with Gasteiger partial charge in [0.05, 0.1) is 19.1 Å². The number of rotatable bonds is 3. The zero-order valence-electron chi connectivity index (χ0n) is 9.96. The van der Waals surface area contributed by atoms with Crippen LogP contribution in [0.2, 0.25) is 0 Å². The molecule has 0 spiro atoms. The molecular weight excluding hydrogens is 236 g/mol. The first-order valence-electron chi connectivity index (χ1n) is 5.84. The zero-order chi connectivity index (χ0) is 12.3. The third-order valence-electron chi connectivity index (χ3n) is 2.94. The van der Waals surface area contributed by atoms with Crippen molar-refractivity contribution in [1.29, 1.82) is 0 Å². The van der Waals surface area contributed by atoms with Crippen LogP contribution < -0.4 is 5.73 Å². The highest BCUT2D eigenvalue weighted by Crippen LogP contribution is 2.13. The maximum absolute atomic E-state index is 12.1. The van der Waals surface area contributed by atoms with E-state index in [1.54, 1.807) is 11.3 Å². The quantitative estimate of drug-likeness (QED) is 0.870. The average molecular weight is 254 g/mol. The predicted molar refractivity (Wildman–Crippen MR) is 68.0 cm³/mol. The number of ether oxygens (including phenoxy) is 1. The Balaban J connectivity index is 1.91. The molecule has 2 rings (SSSR count). The number of thiophene rings is 1. The highest BCUT2D eigenvalue weighted by atomic mass is 32.1. The third-order valence-corrected chi connectivity index (χ3v) is 3.81. The van der Waals surface area contributed by atoms with Crippen molar-refractivity contribution < 1.29 is 9.53 Å². The molecule has 1 aliphatic heterocycles. The van der Waals surface area contributed by atoms with Gasteiger partial charge in [-0.05, 0) is 18.4 Å². The fourth-order valence-corrected chi connectivity index (χ4v) is 2.59. The number of nitrogens with two attached hydrogens (primary N) is 1. The van der Waals surface area contributed by atoms with Crippen LogP contribution in [0.3, 0.4) is 0 Å². The standard InChI is InChI=1S/C12H18N2O2S/c1-9(13)11-8-14(4-5-16-11)12(15)7-10-3-2-6-17-10/h2-3,6,9,11H,4-5,7-8,13H2,1H3. The van der Waals surface area contributed by atoms with Gasteiger partial charge in [-0.1, -0.05) is 6.07 Å². The molecule has 2 N–H and O–H groups in total. The van der Waals surface area contributed by atoms with Crippen molar-refractivity contribution in [3.05, 3.63) is 22.4 Å². The highest BCUT2D eigenvalue weighted by Gasteiger charge is 2.26. The average Bonchev–Trinajstić information content (AvgIpc) is 2.82. The van der Waals surface area contributed by atoms with E-state index in [1.165, 1.54) is 0 Å². The summed E-state index contributed by atoms with van der Waals surface area (Å²) in [6, 6.07) is 3.93. The van der Waals surface area contributed by atoms with Crippen LogP contribution in [-0.2, 0) is 16.0 Å². The SMILES string of the molecule is CC(N)C1CN(C(=O)Cc2cccs2)CCO1. The van der Waals surface area contributed by atoms with Crippen molar-refractivity contribution in [3.8, 4) is 0 Å². The summed E-state index contributed by atoms with van der Waals surface area (Å²) in [4.78, 5) is 15.0. The second-order valence-electron chi connectivity index (χ2n) is 4.36. The van der Waals surface area contributed by atoms with Crippen molar-refractivity contribution >= 4 is 17.2 Å². The molecule has 0 saturated carbocycles. The van der Waals surface area contributed by atoms with Crippen molar-refractivity contribution in [3.63, 3.8) is 0 Å². The summed E-state index contributed by atoms with van der Waals surface area (Å²) < 4.78 is 5.54. The van der Waals surface area contributed by atoms with Crippen LogP contribution in [0.15, 0.2) is 17.5 Å². The summed E-state index contributed by atoms with van der Waals surface area (Å²) in [5, 5.41) is 1.99. The van der Waals surface area contributed by atoms with Gasteiger partial charge in [0.25, 0.3) is 0 Å². The number of amides is 1. The van der Waals surface area contributed by atoms with Gasteiger partial charge < -0.3 is 15.4 Å². The highest BCUT2D eigenvalue weighted by molar-refractivity contribution is 7.10. The molecule has 1 fully saturated rings. The lowest BCUT2D eigenvalue weighted by molar-refractivity contribution is -0.138. The van der Waals surface area contributed by atoms with Crippen molar-refractivity contribution in [2.45, 2.75) is 25.5 Å². The summed E-state index contributed by atoms with van der Waals surface area (Å²) in [5.74, 6) is 0.168. The van der Waals surface area contributed by atoms with Crippen molar-refractivity contribution in [1.82, 2.24) is 4.90 Å². The molecule has 1 aliphatic rings. The number of carbonyl (C=O) groups excluding carboxylic acids is 1.